The number of benzene rings is 1. The third-order valence-corrected chi connectivity index (χ3v) is 2.91. The third-order valence-electron chi connectivity index (χ3n) is 2.91. The smallest absolute Gasteiger partial charge is 0.238 e. The number of amides is 1. The Hall–Kier alpha value is -1.79. The van der Waals surface area contributed by atoms with Crippen LogP contribution < -0.4 is 15.8 Å². The highest BCUT2D eigenvalue weighted by Gasteiger charge is 2.13. The predicted molar refractivity (Wildman–Crippen MR) is 75.2 cm³/mol. The molecule has 1 unspecified atom stereocenters. The number of anilines is 2. The van der Waals surface area contributed by atoms with Gasteiger partial charge in [-0.05, 0) is 26.1 Å². The van der Waals surface area contributed by atoms with Crippen LogP contribution in [0.2, 0.25) is 0 Å². The van der Waals surface area contributed by atoms with Gasteiger partial charge in [0.2, 0.25) is 5.91 Å². The fraction of sp³-hybridized carbons (Fsp3) is 0.462. The molecule has 0 heterocycles. The largest absolute Gasteiger partial charge is 0.494 e. The zero-order chi connectivity index (χ0) is 14.4. The summed E-state index contributed by atoms with van der Waals surface area (Å²) in [5.41, 5.74) is 6.79. The molecule has 1 aromatic carbocycles. The van der Waals surface area contributed by atoms with E-state index < -0.39 is 0 Å². The highest BCUT2D eigenvalue weighted by atomic mass is 16.5. The normalized spacial score (nSPS) is 12.3. The minimum absolute atomic E-state index is 0.00890. The summed E-state index contributed by atoms with van der Waals surface area (Å²) >= 11 is 0. The molecule has 0 fully saturated rings. The lowest BCUT2D eigenvalue weighted by Gasteiger charge is -2.22. The van der Waals surface area contributed by atoms with Gasteiger partial charge in [-0.1, -0.05) is 0 Å². The second kappa shape index (κ2) is 6.96. The topological polar surface area (TPSA) is 87.8 Å². The number of carbonyl (C=O) groups is 1. The van der Waals surface area contributed by atoms with E-state index in [1.807, 2.05) is 6.92 Å². The quantitative estimate of drug-likeness (QED) is 0.654. The predicted octanol–water partition coefficient (Wildman–Crippen LogP) is 0.528. The zero-order valence-corrected chi connectivity index (χ0v) is 11.5. The molecule has 0 spiro atoms. The molecule has 1 atom stereocenters. The Kier molecular flexibility index (Phi) is 5.59. The van der Waals surface area contributed by atoms with Crippen molar-refractivity contribution in [3.63, 3.8) is 0 Å². The molecule has 4 N–H and O–H groups in total. The number of methoxy groups -OCH3 is 1. The van der Waals surface area contributed by atoms with E-state index in [0.717, 1.165) is 0 Å². The molecule has 106 valence electrons. The van der Waals surface area contributed by atoms with Crippen molar-refractivity contribution in [2.45, 2.75) is 13.0 Å². The molecular formula is C13H21N3O3. The first-order valence-corrected chi connectivity index (χ1v) is 6.02. The Morgan fingerprint density at radius 1 is 1.58 bits per heavy atom. The van der Waals surface area contributed by atoms with Gasteiger partial charge in [0.05, 0.1) is 25.9 Å². The number of aliphatic hydroxyl groups is 1. The first-order chi connectivity index (χ1) is 8.97. The molecule has 19 heavy (non-hydrogen) atoms. The maximum absolute atomic E-state index is 11.9. The number of nitrogen functional groups attached to an aromatic ring is 1. The first kappa shape index (κ1) is 15.3. The Morgan fingerprint density at radius 2 is 2.26 bits per heavy atom. The van der Waals surface area contributed by atoms with E-state index in [0.29, 0.717) is 17.1 Å². The summed E-state index contributed by atoms with van der Waals surface area (Å²) in [6.07, 6.45) is 0. The average molecular weight is 267 g/mol. The van der Waals surface area contributed by atoms with Crippen LogP contribution in [0.5, 0.6) is 5.75 Å². The van der Waals surface area contributed by atoms with Gasteiger partial charge in [-0.3, -0.25) is 9.69 Å². The number of nitrogens with two attached hydrogens (primary N) is 1. The van der Waals surface area contributed by atoms with Crippen LogP contribution in [0.1, 0.15) is 6.92 Å². The molecule has 0 saturated carbocycles. The van der Waals surface area contributed by atoms with E-state index >= 15 is 0 Å². The van der Waals surface area contributed by atoms with Crippen LogP contribution in [0, 0.1) is 0 Å². The SMILES string of the molecule is COc1cc(N)ccc1NC(=O)CN(C)C(C)CO. The number of hydrogen-bond donors (Lipinski definition) is 3. The number of carbonyl (C=O) groups excluding carboxylic acids is 1. The Bertz CT molecular complexity index is 437. The number of rotatable bonds is 6. The number of hydrogen-bond acceptors (Lipinski definition) is 5. The van der Waals surface area contributed by atoms with Crippen LogP contribution in [0.3, 0.4) is 0 Å². The first-order valence-electron chi connectivity index (χ1n) is 6.02. The van der Waals surface area contributed by atoms with Gasteiger partial charge in [0.15, 0.2) is 0 Å². The van der Waals surface area contributed by atoms with Gasteiger partial charge in [-0.25, -0.2) is 0 Å². The van der Waals surface area contributed by atoms with Crippen LogP contribution in [0.15, 0.2) is 18.2 Å². The summed E-state index contributed by atoms with van der Waals surface area (Å²) in [6.45, 7) is 2.04. The lowest BCUT2D eigenvalue weighted by atomic mass is 10.2. The van der Waals surface area contributed by atoms with E-state index in [9.17, 15) is 4.79 Å². The molecule has 0 bridgehead atoms. The van der Waals surface area contributed by atoms with Crippen molar-refractivity contribution in [1.29, 1.82) is 0 Å². The third kappa shape index (κ3) is 4.42. The summed E-state index contributed by atoms with van der Waals surface area (Å²) < 4.78 is 5.15. The van der Waals surface area contributed by atoms with Crippen molar-refractivity contribution in [2.75, 3.05) is 38.4 Å². The van der Waals surface area contributed by atoms with Crippen molar-refractivity contribution < 1.29 is 14.6 Å². The molecule has 0 aliphatic carbocycles. The van der Waals surface area contributed by atoms with Gasteiger partial charge < -0.3 is 20.9 Å². The van der Waals surface area contributed by atoms with Gasteiger partial charge in [0.1, 0.15) is 5.75 Å². The van der Waals surface area contributed by atoms with E-state index in [4.69, 9.17) is 15.6 Å². The van der Waals surface area contributed by atoms with E-state index in [1.54, 1.807) is 30.1 Å². The molecule has 0 radical (unpaired) electrons. The maximum Gasteiger partial charge on any atom is 0.238 e. The van der Waals surface area contributed by atoms with Crippen molar-refractivity contribution in [3.05, 3.63) is 18.2 Å². The van der Waals surface area contributed by atoms with Crippen LogP contribution >= 0.6 is 0 Å². The van der Waals surface area contributed by atoms with Crippen LogP contribution in [0.4, 0.5) is 11.4 Å². The molecule has 1 rings (SSSR count). The fourth-order valence-electron chi connectivity index (χ4n) is 1.52. The van der Waals surface area contributed by atoms with Gasteiger partial charge in [0.25, 0.3) is 0 Å². The molecular weight excluding hydrogens is 246 g/mol. The van der Waals surface area contributed by atoms with Crippen LogP contribution in [-0.4, -0.2) is 49.3 Å². The minimum atomic E-state index is -0.175. The van der Waals surface area contributed by atoms with Crippen molar-refractivity contribution in [2.24, 2.45) is 0 Å². The molecule has 6 nitrogen and oxygen atoms in total. The van der Waals surface area contributed by atoms with Crippen molar-refractivity contribution >= 4 is 17.3 Å². The number of nitrogens with one attached hydrogen (secondary N) is 1. The molecule has 0 aromatic heterocycles. The molecule has 1 amide bonds. The number of aliphatic hydroxyl groups excluding tert-OH is 1. The van der Waals surface area contributed by atoms with Gasteiger partial charge in [-0.15, -0.1) is 0 Å². The molecule has 0 aliphatic rings. The van der Waals surface area contributed by atoms with E-state index in [2.05, 4.69) is 5.32 Å². The van der Waals surface area contributed by atoms with Crippen LogP contribution in [0.25, 0.3) is 0 Å². The summed E-state index contributed by atoms with van der Waals surface area (Å²) in [6, 6.07) is 4.97. The van der Waals surface area contributed by atoms with Gasteiger partial charge >= 0.3 is 0 Å². The van der Waals surface area contributed by atoms with Gasteiger partial charge in [-0.2, -0.15) is 0 Å². The lowest BCUT2D eigenvalue weighted by Crippen LogP contribution is -2.38. The van der Waals surface area contributed by atoms with Crippen molar-refractivity contribution in [1.82, 2.24) is 4.90 Å². The van der Waals surface area contributed by atoms with E-state index in [1.165, 1.54) is 7.11 Å². The fourth-order valence-corrected chi connectivity index (χ4v) is 1.52. The molecule has 6 heteroatoms. The number of likely N-dealkylation sites (N-methyl/N-ethyl adjacent to an activating group) is 1. The highest BCUT2D eigenvalue weighted by Crippen LogP contribution is 2.26. The monoisotopic (exact) mass is 267 g/mol. The lowest BCUT2D eigenvalue weighted by molar-refractivity contribution is -0.117. The second-order valence-corrected chi connectivity index (χ2v) is 4.45. The summed E-state index contributed by atoms with van der Waals surface area (Å²) in [5, 5.41) is 11.8. The standard InChI is InChI=1S/C13H21N3O3/c1-9(8-17)16(2)7-13(18)15-11-5-4-10(14)6-12(11)19-3/h4-6,9,17H,7-8,14H2,1-3H3,(H,15,18). The Morgan fingerprint density at radius 3 is 2.84 bits per heavy atom. The van der Waals surface area contributed by atoms with Crippen molar-refractivity contribution in [3.8, 4) is 5.75 Å². The Labute approximate surface area is 113 Å². The van der Waals surface area contributed by atoms with E-state index in [-0.39, 0.29) is 25.1 Å². The second-order valence-electron chi connectivity index (χ2n) is 4.45. The molecule has 0 aliphatic heterocycles. The van der Waals surface area contributed by atoms with Crippen LogP contribution in [-0.2, 0) is 4.79 Å². The highest BCUT2D eigenvalue weighted by molar-refractivity contribution is 5.94. The molecule has 0 saturated heterocycles. The average Bonchev–Trinajstić information content (AvgIpc) is 2.39. The number of nitrogens with zero attached hydrogens (tertiary/aromatic N) is 1. The maximum atomic E-state index is 11.9. The Balaban J connectivity index is 2.67. The summed E-state index contributed by atoms with van der Waals surface area (Å²) in [7, 11) is 3.30. The van der Waals surface area contributed by atoms with Gasteiger partial charge in [0, 0.05) is 17.8 Å². The summed E-state index contributed by atoms with van der Waals surface area (Å²) in [4.78, 5) is 13.6. The zero-order valence-electron chi connectivity index (χ0n) is 11.5. The number of ether oxygens (including phenoxy) is 1. The minimum Gasteiger partial charge on any atom is -0.494 e. The summed E-state index contributed by atoms with van der Waals surface area (Å²) in [5.74, 6) is 0.345. The molecule has 1 aromatic rings.